The Labute approximate surface area is 151 Å². The van der Waals surface area contributed by atoms with Gasteiger partial charge in [-0.05, 0) is 43.9 Å². The van der Waals surface area contributed by atoms with Crippen LogP contribution in [0.1, 0.15) is 25.3 Å². The zero-order valence-electron chi connectivity index (χ0n) is 14.7. The predicted molar refractivity (Wildman–Crippen MR) is 90.5 cm³/mol. The van der Waals surface area contributed by atoms with E-state index >= 15 is 0 Å². The van der Waals surface area contributed by atoms with E-state index in [1.54, 1.807) is 19.1 Å². The number of rotatable bonds is 4. The van der Waals surface area contributed by atoms with Gasteiger partial charge in [0.2, 0.25) is 0 Å². The SMILES string of the molecule is CC1OC(=O)C(N)COCC(OC(=O)C2CC2)C1Cc1ccc(F)cc1. The van der Waals surface area contributed by atoms with Crippen LogP contribution in [0, 0.1) is 17.7 Å². The van der Waals surface area contributed by atoms with Crippen molar-refractivity contribution >= 4 is 11.9 Å². The van der Waals surface area contributed by atoms with E-state index in [1.165, 1.54) is 12.1 Å². The lowest BCUT2D eigenvalue weighted by atomic mass is 9.89. The van der Waals surface area contributed by atoms with Crippen LogP contribution in [0.15, 0.2) is 24.3 Å². The summed E-state index contributed by atoms with van der Waals surface area (Å²) >= 11 is 0. The van der Waals surface area contributed by atoms with E-state index in [4.69, 9.17) is 19.9 Å². The number of benzene rings is 1. The van der Waals surface area contributed by atoms with Crippen molar-refractivity contribution in [3.8, 4) is 0 Å². The van der Waals surface area contributed by atoms with Crippen molar-refractivity contribution in [3.05, 3.63) is 35.6 Å². The molecule has 1 saturated carbocycles. The Morgan fingerprint density at radius 2 is 1.96 bits per heavy atom. The van der Waals surface area contributed by atoms with Gasteiger partial charge in [-0.15, -0.1) is 0 Å². The number of hydrogen-bond donors (Lipinski definition) is 1. The summed E-state index contributed by atoms with van der Waals surface area (Å²) in [5.74, 6) is -1.49. The maximum Gasteiger partial charge on any atom is 0.325 e. The number of carbonyl (C=O) groups is 2. The molecule has 1 aliphatic heterocycles. The Morgan fingerprint density at radius 3 is 2.62 bits per heavy atom. The summed E-state index contributed by atoms with van der Waals surface area (Å²) in [6.45, 7) is 1.90. The Balaban J connectivity index is 1.80. The Morgan fingerprint density at radius 1 is 1.27 bits per heavy atom. The second-order valence-corrected chi connectivity index (χ2v) is 7.03. The van der Waals surface area contributed by atoms with Crippen LogP contribution in [0.5, 0.6) is 0 Å². The first-order valence-corrected chi connectivity index (χ1v) is 8.93. The number of cyclic esters (lactones) is 1. The molecule has 2 N–H and O–H groups in total. The van der Waals surface area contributed by atoms with E-state index in [9.17, 15) is 14.0 Å². The maximum atomic E-state index is 13.2. The van der Waals surface area contributed by atoms with Crippen molar-refractivity contribution in [1.29, 1.82) is 0 Å². The Hall–Kier alpha value is -1.99. The van der Waals surface area contributed by atoms with Gasteiger partial charge >= 0.3 is 11.9 Å². The molecule has 2 fully saturated rings. The lowest BCUT2D eigenvalue weighted by Crippen LogP contribution is -2.41. The number of nitrogens with two attached hydrogens (primary N) is 1. The largest absolute Gasteiger partial charge is 0.461 e. The molecular formula is C19H24FNO5. The third-order valence-electron chi connectivity index (χ3n) is 4.83. The van der Waals surface area contributed by atoms with Gasteiger partial charge in [-0.1, -0.05) is 12.1 Å². The van der Waals surface area contributed by atoms with E-state index in [0.717, 1.165) is 18.4 Å². The first kappa shape index (κ1) is 18.8. The fraction of sp³-hybridized carbons (Fsp3) is 0.579. The molecule has 142 valence electrons. The van der Waals surface area contributed by atoms with Crippen molar-refractivity contribution < 1.29 is 28.2 Å². The highest BCUT2D eigenvalue weighted by Gasteiger charge is 2.39. The molecule has 7 heteroatoms. The molecule has 0 aromatic heterocycles. The molecule has 1 aromatic rings. The minimum atomic E-state index is -0.873. The van der Waals surface area contributed by atoms with Crippen LogP contribution in [-0.2, 0) is 30.2 Å². The van der Waals surface area contributed by atoms with Gasteiger partial charge in [-0.25, -0.2) is 4.39 Å². The summed E-state index contributed by atoms with van der Waals surface area (Å²) in [6, 6.07) is 5.21. The molecule has 6 nitrogen and oxygen atoms in total. The Bertz CT molecular complexity index is 646. The number of hydrogen-bond acceptors (Lipinski definition) is 6. The molecule has 1 saturated heterocycles. The van der Waals surface area contributed by atoms with E-state index < -0.39 is 24.2 Å². The highest BCUT2D eigenvalue weighted by molar-refractivity contribution is 5.76. The van der Waals surface area contributed by atoms with Gasteiger partial charge in [0.05, 0.1) is 19.1 Å². The van der Waals surface area contributed by atoms with E-state index in [1.807, 2.05) is 0 Å². The van der Waals surface area contributed by atoms with Gasteiger partial charge in [0, 0.05) is 5.92 Å². The van der Waals surface area contributed by atoms with Crippen LogP contribution < -0.4 is 5.73 Å². The maximum absolute atomic E-state index is 13.2. The normalized spacial score (nSPS) is 29.9. The molecule has 4 atom stereocenters. The van der Waals surface area contributed by atoms with Crippen molar-refractivity contribution in [2.45, 2.75) is 44.4 Å². The average molecular weight is 365 g/mol. The van der Waals surface area contributed by atoms with Crippen LogP contribution in [0.4, 0.5) is 4.39 Å². The van der Waals surface area contributed by atoms with Crippen molar-refractivity contribution in [1.82, 2.24) is 0 Å². The standard InChI is InChI=1S/C19H24FNO5/c1-11-15(8-12-2-6-14(20)7-3-12)17(26-18(22)13-4-5-13)10-24-9-16(21)19(23)25-11/h2-3,6-7,11,13,15-17H,4-5,8-10,21H2,1H3. The molecule has 2 aliphatic rings. The highest BCUT2D eigenvalue weighted by atomic mass is 19.1. The fourth-order valence-electron chi connectivity index (χ4n) is 3.04. The Kier molecular flexibility index (Phi) is 5.88. The van der Waals surface area contributed by atoms with Gasteiger partial charge < -0.3 is 19.9 Å². The lowest BCUT2D eigenvalue weighted by molar-refractivity contribution is -0.162. The molecule has 3 rings (SSSR count). The summed E-state index contributed by atoms with van der Waals surface area (Å²) in [7, 11) is 0. The minimum Gasteiger partial charge on any atom is -0.461 e. The van der Waals surface area contributed by atoms with Crippen LogP contribution in [0.2, 0.25) is 0 Å². The van der Waals surface area contributed by atoms with Crippen LogP contribution >= 0.6 is 0 Å². The topological polar surface area (TPSA) is 87.8 Å². The number of carbonyl (C=O) groups excluding carboxylic acids is 2. The third-order valence-corrected chi connectivity index (χ3v) is 4.83. The molecule has 1 aromatic carbocycles. The van der Waals surface area contributed by atoms with Crippen LogP contribution in [0.25, 0.3) is 0 Å². The van der Waals surface area contributed by atoms with Crippen LogP contribution in [-0.4, -0.2) is 43.4 Å². The molecule has 0 amide bonds. The molecule has 0 radical (unpaired) electrons. The van der Waals surface area contributed by atoms with Gasteiger partial charge in [-0.2, -0.15) is 0 Å². The molecular weight excluding hydrogens is 341 g/mol. The van der Waals surface area contributed by atoms with E-state index in [0.29, 0.717) is 6.42 Å². The van der Waals surface area contributed by atoms with Crippen molar-refractivity contribution in [2.24, 2.45) is 17.6 Å². The minimum absolute atomic E-state index is 0.00625. The summed E-state index contributed by atoms with van der Waals surface area (Å²) in [6.07, 6.45) is 1.03. The summed E-state index contributed by atoms with van der Waals surface area (Å²) in [4.78, 5) is 24.2. The molecule has 1 heterocycles. The van der Waals surface area contributed by atoms with Crippen LogP contribution in [0.3, 0.4) is 0 Å². The van der Waals surface area contributed by atoms with Gasteiger partial charge in [-0.3, -0.25) is 9.59 Å². The summed E-state index contributed by atoms with van der Waals surface area (Å²) in [5, 5.41) is 0. The summed E-state index contributed by atoms with van der Waals surface area (Å²) < 4.78 is 29.9. The highest BCUT2D eigenvalue weighted by Crippen LogP contribution is 2.32. The monoisotopic (exact) mass is 365 g/mol. The smallest absolute Gasteiger partial charge is 0.325 e. The number of esters is 2. The lowest BCUT2D eigenvalue weighted by Gasteiger charge is -2.30. The zero-order chi connectivity index (χ0) is 18.7. The quantitative estimate of drug-likeness (QED) is 0.816. The first-order valence-electron chi connectivity index (χ1n) is 8.93. The molecule has 0 bridgehead atoms. The van der Waals surface area contributed by atoms with Gasteiger partial charge in [0.1, 0.15) is 24.1 Å². The van der Waals surface area contributed by atoms with Crippen molar-refractivity contribution in [3.63, 3.8) is 0 Å². The molecule has 4 unspecified atom stereocenters. The van der Waals surface area contributed by atoms with E-state index in [2.05, 4.69) is 0 Å². The number of halogens is 1. The molecule has 0 spiro atoms. The predicted octanol–water partition coefficient (Wildman–Crippen LogP) is 1.60. The average Bonchev–Trinajstić information content (AvgIpc) is 3.44. The second kappa shape index (κ2) is 8.14. The van der Waals surface area contributed by atoms with E-state index in [-0.39, 0.29) is 36.8 Å². The fourth-order valence-corrected chi connectivity index (χ4v) is 3.04. The first-order chi connectivity index (χ1) is 12.4. The second-order valence-electron chi connectivity index (χ2n) is 7.03. The molecule has 26 heavy (non-hydrogen) atoms. The number of ether oxygens (including phenoxy) is 3. The molecule has 1 aliphatic carbocycles. The third kappa shape index (κ3) is 4.80. The van der Waals surface area contributed by atoms with Gasteiger partial charge in [0.25, 0.3) is 0 Å². The zero-order valence-corrected chi connectivity index (χ0v) is 14.7. The van der Waals surface area contributed by atoms with Crippen molar-refractivity contribution in [2.75, 3.05) is 13.2 Å². The summed E-state index contributed by atoms with van der Waals surface area (Å²) in [5.41, 5.74) is 6.61. The van der Waals surface area contributed by atoms with Gasteiger partial charge in [0.15, 0.2) is 0 Å².